The fourth-order valence-electron chi connectivity index (χ4n) is 7.20. The molecule has 0 radical (unpaired) electrons. The van der Waals surface area contributed by atoms with Crippen molar-refractivity contribution in [2.24, 2.45) is 0 Å². The maximum absolute atomic E-state index is 8.36. The van der Waals surface area contributed by atoms with Gasteiger partial charge in [0, 0.05) is 0 Å². The Morgan fingerprint density at radius 1 is 0.800 bits per heavy atom. The number of fused-ring (bicyclic) bond motifs is 4. The summed E-state index contributed by atoms with van der Waals surface area (Å²) in [6.07, 6.45) is 4.35. The zero-order chi connectivity index (χ0) is 28.5. The molecule has 0 amide bonds. The summed E-state index contributed by atoms with van der Waals surface area (Å²) >= 11 is -4.68. The third-order valence-corrected chi connectivity index (χ3v) is 61.6. The van der Waals surface area contributed by atoms with E-state index in [0.717, 1.165) is 12.8 Å². The zero-order valence-corrected chi connectivity index (χ0v) is 30.6. The molecule has 4 aromatic carbocycles. The first kappa shape index (κ1) is 28.6. The molecule has 0 saturated carbocycles. The van der Waals surface area contributed by atoms with Crippen molar-refractivity contribution in [2.75, 3.05) is 0 Å². The van der Waals surface area contributed by atoms with Crippen LogP contribution in [-0.2, 0) is 22.0 Å². The molecule has 1 unspecified atom stereocenters. The summed E-state index contributed by atoms with van der Waals surface area (Å²) in [4.78, 5) is 0. The quantitative estimate of drug-likeness (QED) is 0.157. The van der Waals surface area contributed by atoms with Gasteiger partial charge in [0.1, 0.15) is 0 Å². The van der Waals surface area contributed by atoms with Crippen LogP contribution in [0.5, 0.6) is 0 Å². The summed E-state index contributed by atoms with van der Waals surface area (Å²) < 4.78 is 1.44. The van der Waals surface area contributed by atoms with Gasteiger partial charge in [-0.1, -0.05) is 0 Å². The summed E-state index contributed by atoms with van der Waals surface area (Å²) in [5.41, 5.74) is 12.2. The van der Waals surface area contributed by atoms with Gasteiger partial charge in [-0.15, -0.1) is 0 Å². The molecule has 0 aliphatic heterocycles. The molecule has 0 heterocycles. The van der Waals surface area contributed by atoms with Crippen molar-refractivity contribution >= 4 is 45.6 Å². The first-order valence-electron chi connectivity index (χ1n) is 14.7. The normalized spacial score (nSPS) is 17.2. The summed E-state index contributed by atoms with van der Waals surface area (Å²) in [6, 6.07) is 31.8. The Labute approximate surface area is 250 Å². The Morgan fingerprint density at radius 2 is 1.45 bits per heavy atom. The number of hydrogen-bond acceptors (Lipinski definition) is 0. The third-order valence-electron chi connectivity index (χ3n) is 9.57. The SMILES string of the molecule is CCC1=Cc2c(-c3ccc([Si](C)(C)C)cc3)cccc2[CH]1[Zr]([Cl])([Cl])([c]1cccc2c1Cc1ccccc1-2)[SiH](C)C. The van der Waals surface area contributed by atoms with Crippen LogP contribution in [0.25, 0.3) is 28.3 Å². The average Bonchev–Trinajstić information content (AvgIpc) is 3.51. The van der Waals surface area contributed by atoms with E-state index in [0.29, 0.717) is 0 Å². The molecule has 0 bridgehead atoms. The van der Waals surface area contributed by atoms with Gasteiger partial charge in [-0.3, -0.25) is 0 Å². The molecule has 1 atom stereocenters. The monoisotopic (exact) mass is 675 g/mol. The van der Waals surface area contributed by atoms with Gasteiger partial charge in [0.05, 0.1) is 0 Å². The molecule has 2 aliphatic rings. The second-order valence-electron chi connectivity index (χ2n) is 13.1. The van der Waals surface area contributed by atoms with Gasteiger partial charge in [0.25, 0.3) is 0 Å². The molecule has 0 saturated heterocycles. The summed E-state index contributed by atoms with van der Waals surface area (Å²) in [6.45, 7) is 14.3. The van der Waals surface area contributed by atoms with Crippen molar-refractivity contribution in [2.45, 2.75) is 56.1 Å². The summed E-state index contributed by atoms with van der Waals surface area (Å²) in [7, 11) is 15.4. The molecule has 2 aliphatic carbocycles. The second kappa shape index (κ2) is 10.1. The Balaban J connectivity index is 1.54. The van der Waals surface area contributed by atoms with E-state index < -0.39 is 29.6 Å². The van der Waals surface area contributed by atoms with Crippen LogP contribution < -0.4 is 8.46 Å². The van der Waals surface area contributed by atoms with Crippen molar-refractivity contribution < 1.29 is 15.6 Å². The second-order valence-corrected chi connectivity index (χ2v) is 59.6. The Morgan fingerprint density at radius 3 is 2.12 bits per heavy atom. The minimum absolute atomic E-state index is 0.118. The van der Waals surface area contributed by atoms with Gasteiger partial charge in [-0.2, -0.15) is 0 Å². The van der Waals surface area contributed by atoms with Gasteiger partial charge in [-0.05, 0) is 0 Å². The molecule has 4 aromatic rings. The molecular formula is C35H39Cl2Si2Zr. The molecule has 0 nitrogen and oxygen atoms in total. The number of hydrogen-bond donors (Lipinski definition) is 0. The molecule has 6 rings (SSSR count). The van der Waals surface area contributed by atoms with Crippen LogP contribution in [0.15, 0.2) is 90.5 Å². The molecule has 40 heavy (non-hydrogen) atoms. The molecule has 0 fully saturated rings. The third kappa shape index (κ3) is 4.30. The van der Waals surface area contributed by atoms with E-state index >= 15 is 0 Å². The van der Waals surface area contributed by atoms with Gasteiger partial charge in [0.15, 0.2) is 0 Å². The Kier molecular flexibility index (Phi) is 7.20. The van der Waals surface area contributed by atoms with E-state index in [1.165, 1.54) is 58.5 Å². The maximum atomic E-state index is 8.36. The summed E-state index contributed by atoms with van der Waals surface area (Å²) in [5, 5.41) is 1.49. The molecule has 205 valence electrons. The van der Waals surface area contributed by atoms with E-state index in [1.54, 1.807) is 0 Å². The van der Waals surface area contributed by atoms with Gasteiger partial charge in [-0.25, -0.2) is 0 Å². The molecule has 0 spiro atoms. The topological polar surface area (TPSA) is 0 Å². The molecular weight excluding hydrogens is 639 g/mol. The van der Waals surface area contributed by atoms with Crippen LogP contribution in [0.2, 0.25) is 32.7 Å². The van der Waals surface area contributed by atoms with E-state index in [1.807, 2.05) is 0 Å². The van der Waals surface area contributed by atoms with E-state index in [2.05, 4.69) is 131 Å². The van der Waals surface area contributed by atoms with Crippen LogP contribution >= 0.6 is 17.0 Å². The van der Waals surface area contributed by atoms with Crippen molar-refractivity contribution in [3.05, 3.63) is 113 Å². The van der Waals surface area contributed by atoms with Gasteiger partial charge >= 0.3 is 252 Å². The summed E-state index contributed by atoms with van der Waals surface area (Å²) in [5.74, 6) is -1.55. The number of rotatable bonds is 6. The first-order valence-corrected chi connectivity index (χ1v) is 34.3. The Bertz CT molecular complexity index is 1660. The van der Waals surface area contributed by atoms with Crippen LogP contribution in [0.3, 0.4) is 0 Å². The van der Waals surface area contributed by atoms with Crippen molar-refractivity contribution in [1.82, 2.24) is 0 Å². The van der Waals surface area contributed by atoms with E-state index in [-0.39, 0.29) is 3.63 Å². The van der Waals surface area contributed by atoms with Crippen LogP contribution in [0.1, 0.15) is 39.2 Å². The van der Waals surface area contributed by atoms with Crippen LogP contribution in [0.4, 0.5) is 0 Å². The Hall–Kier alpha value is -1.48. The van der Waals surface area contributed by atoms with E-state index in [9.17, 15) is 0 Å². The number of halogens is 2. The van der Waals surface area contributed by atoms with E-state index in [4.69, 9.17) is 17.0 Å². The predicted octanol–water partition coefficient (Wildman–Crippen LogP) is 9.62. The van der Waals surface area contributed by atoms with Crippen LogP contribution in [-0.4, -0.2) is 14.0 Å². The van der Waals surface area contributed by atoms with Crippen molar-refractivity contribution in [1.29, 1.82) is 0 Å². The predicted molar refractivity (Wildman–Crippen MR) is 181 cm³/mol. The fraction of sp³-hybridized carbons (Fsp3) is 0.257. The van der Waals surface area contributed by atoms with Crippen LogP contribution in [0, 0.1) is 0 Å². The van der Waals surface area contributed by atoms with Gasteiger partial charge in [0.2, 0.25) is 0 Å². The molecule has 0 N–H and O–H groups in total. The van der Waals surface area contributed by atoms with Crippen molar-refractivity contribution in [3.8, 4) is 22.3 Å². The average molecular weight is 678 g/mol. The minimum atomic E-state index is -4.68. The zero-order valence-electron chi connectivity index (χ0n) is 24.5. The van der Waals surface area contributed by atoms with Crippen molar-refractivity contribution in [3.63, 3.8) is 0 Å². The molecule has 0 aromatic heterocycles. The number of allylic oxidation sites excluding steroid dienone is 1. The standard InChI is InChI=1S/C20H23Si.C13H9.C2H7Si.2ClH.Zr/c1-5-15-13-17-7-6-8-19(20(17)14-15)16-9-11-18(12-10-16)21(2,3)4;1-3-7-12-10(5-1)9-11-6-2-4-8-13(11)12;1-3-2;;;/h6-14H,5H2,1-4H3;1-5,7-8H,9H2;3H,1-2H3;2*1H;/q;;;;;+2/p-2. The fourth-order valence-corrected chi connectivity index (χ4v) is 36.4. The first-order chi connectivity index (χ1) is 18.9. The molecule has 5 heteroatoms. The number of benzene rings is 4. The van der Waals surface area contributed by atoms with Gasteiger partial charge < -0.3 is 0 Å².